The van der Waals surface area contributed by atoms with Gasteiger partial charge in [0, 0.05) is 6.42 Å². The fourth-order valence-corrected chi connectivity index (χ4v) is 4.05. The summed E-state index contributed by atoms with van der Waals surface area (Å²) in [5.74, 6) is -0.437. The summed E-state index contributed by atoms with van der Waals surface area (Å²) in [7, 11) is 1.23. The molecule has 0 aromatic heterocycles. The van der Waals surface area contributed by atoms with Crippen LogP contribution in [0.15, 0.2) is 12.2 Å². The van der Waals surface area contributed by atoms with Gasteiger partial charge in [0.15, 0.2) is 0 Å². The van der Waals surface area contributed by atoms with Crippen molar-refractivity contribution >= 4 is 13.8 Å². The Kier molecular flexibility index (Phi) is 20.9. The molecule has 2 atom stereocenters. The molecule has 1 N–H and O–H groups in total. The molecular formula is C26H52NO7P. The molecule has 0 saturated carbocycles. The van der Waals surface area contributed by atoms with Crippen molar-refractivity contribution in [2.75, 3.05) is 47.5 Å². The number of rotatable bonds is 24. The van der Waals surface area contributed by atoms with Gasteiger partial charge in [-0.05, 0) is 19.3 Å². The topological polar surface area (TPSA) is 105 Å². The Morgan fingerprint density at radius 1 is 0.886 bits per heavy atom. The summed E-state index contributed by atoms with van der Waals surface area (Å²) < 4.78 is 26.6. The molecule has 0 saturated heterocycles. The quantitative estimate of drug-likeness (QED) is 0.0617. The molecule has 0 radical (unpaired) electrons. The van der Waals surface area contributed by atoms with Gasteiger partial charge in [0.1, 0.15) is 25.9 Å². The zero-order valence-corrected chi connectivity index (χ0v) is 23.6. The fourth-order valence-electron chi connectivity index (χ4n) is 3.31. The van der Waals surface area contributed by atoms with E-state index < -0.39 is 26.5 Å². The summed E-state index contributed by atoms with van der Waals surface area (Å²) in [6.45, 7) is 1.89. The van der Waals surface area contributed by atoms with Crippen molar-refractivity contribution in [1.82, 2.24) is 0 Å². The van der Waals surface area contributed by atoms with Crippen molar-refractivity contribution < 1.29 is 37.6 Å². The van der Waals surface area contributed by atoms with Crippen molar-refractivity contribution in [3.05, 3.63) is 12.2 Å². The number of quaternary nitrogens is 1. The van der Waals surface area contributed by atoms with Crippen LogP contribution in [0.25, 0.3) is 0 Å². The maximum absolute atomic E-state index is 11.8. The maximum atomic E-state index is 11.8. The number of phosphoric ester groups is 1. The van der Waals surface area contributed by atoms with Gasteiger partial charge in [0.2, 0.25) is 0 Å². The third-order valence-corrected chi connectivity index (χ3v) is 6.49. The number of unbranched alkanes of at least 4 members (excludes halogenated alkanes) is 11. The minimum atomic E-state index is -4.50. The Bertz CT molecular complexity index is 593. The van der Waals surface area contributed by atoms with Gasteiger partial charge in [-0.25, -0.2) is 0 Å². The van der Waals surface area contributed by atoms with E-state index in [1.165, 1.54) is 70.6 Å². The van der Waals surface area contributed by atoms with E-state index in [0.717, 1.165) is 6.42 Å². The number of aliphatic hydroxyl groups is 1. The standard InChI is InChI=1S/C26H52NO7P/c1-5-6-7-8-9-10-11-12-13-14-15-16-17-18-19-20-26(29)32-23-25(28)24-34-35(30,31)33-22-21-27(2,3)4/h17-18,25,28H,5-16,19-24H2,1-4H3/b18-17+/t25-/m1/s1. The first-order valence-corrected chi connectivity index (χ1v) is 14.9. The predicted molar refractivity (Wildman–Crippen MR) is 139 cm³/mol. The first-order chi connectivity index (χ1) is 16.6. The normalized spacial score (nSPS) is 14.8. The number of nitrogens with zero attached hydrogens (tertiary/aromatic N) is 1. The van der Waals surface area contributed by atoms with Gasteiger partial charge in [-0.1, -0.05) is 83.3 Å². The van der Waals surface area contributed by atoms with E-state index in [0.29, 0.717) is 17.4 Å². The van der Waals surface area contributed by atoms with Gasteiger partial charge in [0.25, 0.3) is 7.82 Å². The van der Waals surface area contributed by atoms with E-state index in [-0.39, 0.29) is 19.6 Å². The number of ether oxygens (including phenoxy) is 1. The van der Waals surface area contributed by atoms with Gasteiger partial charge in [0.05, 0.1) is 27.7 Å². The summed E-state index contributed by atoms with van der Waals surface area (Å²) >= 11 is 0. The number of phosphoric acid groups is 1. The van der Waals surface area contributed by atoms with Crippen LogP contribution < -0.4 is 4.89 Å². The van der Waals surface area contributed by atoms with Gasteiger partial charge in [-0.3, -0.25) is 9.36 Å². The maximum Gasteiger partial charge on any atom is 0.306 e. The molecule has 0 heterocycles. The number of hydrogen-bond acceptors (Lipinski definition) is 7. The Labute approximate surface area is 214 Å². The summed E-state index contributed by atoms with van der Waals surface area (Å²) in [6.07, 6.45) is 19.3. The summed E-state index contributed by atoms with van der Waals surface area (Å²) in [6, 6.07) is 0. The van der Waals surface area contributed by atoms with Crippen LogP contribution >= 0.6 is 7.82 Å². The number of carbonyl (C=O) groups is 1. The Morgan fingerprint density at radius 3 is 2.00 bits per heavy atom. The molecule has 9 heteroatoms. The van der Waals surface area contributed by atoms with E-state index in [2.05, 4.69) is 17.5 Å². The van der Waals surface area contributed by atoms with Crippen LogP contribution in [0.5, 0.6) is 0 Å². The third-order valence-electron chi connectivity index (χ3n) is 5.53. The van der Waals surface area contributed by atoms with Crippen molar-refractivity contribution in [2.24, 2.45) is 0 Å². The minimum Gasteiger partial charge on any atom is -0.756 e. The lowest BCUT2D eigenvalue weighted by atomic mass is 10.1. The van der Waals surface area contributed by atoms with Gasteiger partial charge in [-0.2, -0.15) is 0 Å². The average Bonchev–Trinajstić information content (AvgIpc) is 2.78. The van der Waals surface area contributed by atoms with Crippen LogP contribution in [0.3, 0.4) is 0 Å². The largest absolute Gasteiger partial charge is 0.756 e. The van der Waals surface area contributed by atoms with E-state index in [1.54, 1.807) is 0 Å². The van der Waals surface area contributed by atoms with Gasteiger partial charge >= 0.3 is 5.97 Å². The highest BCUT2D eigenvalue weighted by Crippen LogP contribution is 2.38. The predicted octanol–water partition coefficient (Wildman–Crippen LogP) is 5.14. The van der Waals surface area contributed by atoms with Crippen LogP contribution in [-0.2, 0) is 23.1 Å². The second-order valence-corrected chi connectivity index (χ2v) is 11.7. The fraction of sp³-hybridized carbons (Fsp3) is 0.885. The molecule has 0 aromatic carbocycles. The Balaban J connectivity index is 3.62. The molecule has 0 fully saturated rings. The zero-order chi connectivity index (χ0) is 26.4. The number of carbonyl (C=O) groups excluding carboxylic acids is 1. The van der Waals surface area contributed by atoms with Crippen LogP contribution in [0.1, 0.15) is 96.8 Å². The van der Waals surface area contributed by atoms with Crippen molar-refractivity contribution in [3.63, 3.8) is 0 Å². The molecule has 0 amide bonds. The molecule has 35 heavy (non-hydrogen) atoms. The van der Waals surface area contributed by atoms with E-state index in [1.807, 2.05) is 27.2 Å². The average molecular weight is 522 g/mol. The van der Waals surface area contributed by atoms with E-state index in [9.17, 15) is 19.4 Å². The number of esters is 1. The molecule has 8 nitrogen and oxygen atoms in total. The first kappa shape index (κ1) is 34.2. The van der Waals surface area contributed by atoms with E-state index in [4.69, 9.17) is 9.26 Å². The highest BCUT2D eigenvalue weighted by Gasteiger charge is 2.16. The first-order valence-electron chi connectivity index (χ1n) is 13.4. The molecule has 0 bridgehead atoms. The summed E-state index contributed by atoms with van der Waals surface area (Å²) in [5, 5.41) is 9.79. The molecule has 0 aromatic rings. The smallest absolute Gasteiger partial charge is 0.306 e. The van der Waals surface area contributed by atoms with Crippen LogP contribution in [0, 0.1) is 0 Å². The lowest BCUT2D eigenvalue weighted by Gasteiger charge is -2.27. The van der Waals surface area contributed by atoms with Crippen molar-refractivity contribution in [3.8, 4) is 0 Å². The summed E-state index contributed by atoms with van der Waals surface area (Å²) in [5.41, 5.74) is 0. The number of hydrogen-bond donors (Lipinski definition) is 1. The number of allylic oxidation sites excluding steroid dienone is 2. The number of aliphatic hydroxyl groups excluding tert-OH is 1. The zero-order valence-electron chi connectivity index (χ0n) is 22.8. The summed E-state index contributed by atoms with van der Waals surface area (Å²) in [4.78, 5) is 23.4. The molecule has 0 rings (SSSR count). The Morgan fingerprint density at radius 2 is 1.43 bits per heavy atom. The molecule has 0 aliphatic heterocycles. The van der Waals surface area contributed by atoms with Crippen molar-refractivity contribution in [2.45, 2.75) is 103 Å². The van der Waals surface area contributed by atoms with Gasteiger partial charge in [-0.15, -0.1) is 0 Å². The molecule has 0 aliphatic rings. The van der Waals surface area contributed by atoms with Gasteiger partial charge < -0.3 is 28.3 Å². The molecule has 0 spiro atoms. The number of likely N-dealkylation sites (N-methyl/N-ethyl adjacent to an activating group) is 1. The highest BCUT2D eigenvalue weighted by atomic mass is 31.2. The molecule has 208 valence electrons. The second-order valence-electron chi connectivity index (χ2n) is 10.3. The highest BCUT2D eigenvalue weighted by molar-refractivity contribution is 7.45. The molecular weight excluding hydrogens is 469 g/mol. The lowest BCUT2D eigenvalue weighted by Crippen LogP contribution is -2.37. The molecule has 1 unspecified atom stereocenters. The van der Waals surface area contributed by atoms with Crippen molar-refractivity contribution in [1.29, 1.82) is 0 Å². The van der Waals surface area contributed by atoms with Crippen LogP contribution in [0.4, 0.5) is 0 Å². The lowest BCUT2D eigenvalue weighted by molar-refractivity contribution is -0.870. The Hall–Kier alpha value is -0.760. The minimum absolute atomic E-state index is 0.0118. The second kappa shape index (κ2) is 21.3. The third kappa shape index (κ3) is 26.1. The van der Waals surface area contributed by atoms with Crippen LogP contribution in [0.2, 0.25) is 0 Å². The SMILES string of the molecule is CCCCCCCCCCCCC/C=C/CCC(=O)OC[C@@H](O)COP(=O)([O-])OCC[N+](C)(C)C. The van der Waals surface area contributed by atoms with E-state index >= 15 is 0 Å². The van der Waals surface area contributed by atoms with Crippen LogP contribution in [-0.4, -0.2) is 69.2 Å². The monoisotopic (exact) mass is 521 g/mol. The molecule has 0 aliphatic carbocycles.